The molecule has 1 heterocycles. The minimum absolute atomic E-state index is 0.0786. The van der Waals surface area contributed by atoms with Crippen LogP contribution in [0, 0.1) is 0 Å². The zero-order valence-electron chi connectivity index (χ0n) is 6.59. The maximum Gasteiger partial charge on any atom is 0.428 e. The first-order valence-corrected chi connectivity index (χ1v) is 3.70. The summed E-state index contributed by atoms with van der Waals surface area (Å²) in [5, 5.41) is 3.05. The number of aromatic nitrogens is 2. The van der Waals surface area contributed by atoms with Gasteiger partial charge in [-0.25, -0.2) is 9.97 Å². The molecule has 0 aliphatic carbocycles. The highest BCUT2D eigenvalue weighted by Crippen LogP contribution is 2.11. The van der Waals surface area contributed by atoms with Gasteiger partial charge in [-0.05, 0) is 0 Å². The molecule has 0 aliphatic heterocycles. The van der Waals surface area contributed by atoms with Gasteiger partial charge in [0.15, 0.2) is 5.82 Å². The maximum atomic E-state index is 11.6. The number of anilines is 1. The molecular weight excluding hydrogens is 221 g/mol. The normalized spacial score (nSPS) is 12.0. The van der Waals surface area contributed by atoms with Crippen LogP contribution in [0.2, 0.25) is 5.15 Å². The molecule has 0 saturated heterocycles. The molecule has 4 nitrogen and oxygen atoms in total. The summed E-state index contributed by atoms with van der Waals surface area (Å²) in [7, 11) is 0. The number of hydrazone groups is 1. The van der Waals surface area contributed by atoms with Crippen molar-refractivity contribution in [1.82, 2.24) is 9.97 Å². The zero-order chi connectivity index (χ0) is 10.6. The Morgan fingerprint density at radius 1 is 1.36 bits per heavy atom. The molecule has 14 heavy (non-hydrogen) atoms. The van der Waals surface area contributed by atoms with Crippen LogP contribution >= 0.6 is 11.6 Å². The number of hydrogen-bond acceptors (Lipinski definition) is 4. The molecule has 0 spiro atoms. The number of alkyl halides is 3. The quantitative estimate of drug-likeness (QED) is 0.618. The molecule has 1 rings (SSSR count). The van der Waals surface area contributed by atoms with E-state index in [1.165, 1.54) is 6.20 Å². The van der Waals surface area contributed by atoms with Gasteiger partial charge in [-0.2, -0.15) is 18.3 Å². The van der Waals surface area contributed by atoms with Gasteiger partial charge in [-0.15, -0.1) is 0 Å². The second kappa shape index (κ2) is 4.23. The lowest BCUT2D eigenvalue weighted by Crippen LogP contribution is -2.10. The van der Waals surface area contributed by atoms with E-state index in [0.29, 0.717) is 0 Å². The van der Waals surface area contributed by atoms with E-state index < -0.39 is 6.18 Å². The fraction of sp³-hybridized carbons (Fsp3) is 0.167. The minimum atomic E-state index is -4.45. The van der Waals surface area contributed by atoms with E-state index in [1.807, 2.05) is 5.43 Å². The highest BCUT2D eigenvalue weighted by Gasteiger charge is 2.23. The van der Waals surface area contributed by atoms with E-state index in [9.17, 15) is 13.2 Å². The van der Waals surface area contributed by atoms with E-state index in [1.54, 1.807) is 0 Å². The summed E-state index contributed by atoms with van der Waals surface area (Å²) in [5.74, 6) is 0.0786. The predicted octanol–water partition coefficient (Wildman–Crippen LogP) is 2.09. The molecule has 0 aliphatic rings. The Labute approximate surface area is 81.8 Å². The number of nitrogens with one attached hydrogen (secondary N) is 1. The van der Waals surface area contributed by atoms with Crippen LogP contribution in [-0.4, -0.2) is 22.4 Å². The molecule has 0 unspecified atom stereocenters. The average Bonchev–Trinajstić information content (AvgIpc) is 2.06. The van der Waals surface area contributed by atoms with Crippen LogP contribution in [0.4, 0.5) is 19.0 Å². The Kier molecular flexibility index (Phi) is 3.23. The number of rotatable bonds is 2. The third-order valence-corrected chi connectivity index (χ3v) is 1.21. The summed E-state index contributed by atoms with van der Waals surface area (Å²) in [6, 6.07) is 0. The van der Waals surface area contributed by atoms with E-state index in [2.05, 4.69) is 15.1 Å². The zero-order valence-corrected chi connectivity index (χ0v) is 7.34. The van der Waals surface area contributed by atoms with E-state index in [-0.39, 0.29) is 17.2 Å². The molecule has 0 atom stereocenters. The van der Waals surface area contributed by atoms with E-state index in [4.69, 9.17) is 11.6 Å². The van der Waals surface area contributed by atoms with Crippen LogP contribution in [0.5, 0.6) is 0 Å². The summed E-state index contributed by atoms with van der Waals surface area (Å²) in [6.45, 7) is 0. The highest BCUT2D eigenvalue weighted by molar-refractivity contribution is 6.29. The highest BCUT2D eigenvalue weighted by atomic mass is 35.5. The summed E-state index contributed by atoms with van der Waals surface area (Å²) in [4.78, 5) is 7.19. The first-order valence-electron chi connectivity index (χ1n) is 3.32. The Hall–Kier alpha value is -1.37. The molecule has 0 aromatic carbocycles. The van der Waals surface area contributed by atoms with Crippen molar-refractivity contribution in [3.05, 3.63) is 17.5 Å². The Morgan fingerprint density at radius 3 is 2.57 bits per heavy atom. The lowest BCUT2D eigenvalue weighted by molar-refractivity contribution is -0.0536. The van der Waals surface area contributed by atoms with E-state index >= 15 is 0 Å². The Balaban J connectivity index is 2.54. The lowest BCUT2D eigenvalue weighted by atomic mass is 10.7. The second-order valence-corrected chi connectivity index (χ2v) is 2.52. The smallest absolute Gasteiger partial charge is 0.260 e. The summed E-state index contributed by atoms with van der Waals surface area (Å²) in [6.07, 6.45) is -2.29. The van der Waals surface area contributed by atoms with Crippen molar-refractivity contribution in [1.29, 1.82) is 0 Å². The van der Waals surface area contributed by atoms with Gasteiger partial charge in [-0.3, -0.25) is 5.43 Å². The van der Waals surface area contributed by atoms with Crippen LogP contribution in [-0.2, 0) is 0 Å². The minimum Gasteiger partial charge on any atom is -0.260 e. The topological polar surface area (TPSA) is 50.2 Å². The number of nitrogens with zero attached hydrogens (tertiary/aromatic N) is 3. The van der Waals surface area contributed by atoms with Crippen molar-refractivity contribution in [3.63, 3.8) is 0 Å². The van der Waals surface area contributed by atoms with Crippen molar-refractivity contribution in [2.75, 3.05) is 5.43 Å². The van der Waals surface area contributed by atoms with Crippen LogP contribution in [0.15, 0.2) is 17.5 Å². The summed E-state index contributed by atoms with van der Waals surface area (Å²) >= 11 is 5.40. The third kappa shape index (κ3) is 4.04. The standard InChI is InChI=1S/C6H4ClF3N4/c7-4-1-12-5(2-11-4)14-13-3-6(8,9)10/h1-3H,(H,12,14)/b13-3+. The summed E-state index contributed by atoms with van der Waals surface area (Å²) in [5.41, 5.74) is 2.05. The first kappa shape index (κ1) is 10.7. The molecule has 0 saturated carbocycles. The Bertz CT molecular complexity index is 321. The van der Waals surface area contributed by atoms with Crippen molar-refractivity contribution >= 4 is 23.6 Å². The van der Waals surface area contributed by atoms with Gasteiger partial charge < -0.3 is 0 Å². The van der Waals surface area contributed by atoms with Gasteiger partial charge in [0.1, 0.15) is 11.4 Å². The van der Waals surface area contributed by atoms with E-state index in [0.717, 1.165) is 6.20 Å². The van der Waals surface area contributed by atoms with Gasteiger partial charge in [0, 0.05) is 0 Å². The molecule has 1 aromatic rings. The van der Waals surface area contributed by atoms with Crippen LogP contribution in [0.1, 0.15) is 0 Å². The van der Waals surface area contributed by atoms with Gasteiger partial charge in [-0.1, -0.05) is 11.6 Å². The monoisotopic (exact) mass is 224 g/mol. The Morgan fingerprint density at radius 2 is 2.07 bits per heavy atom. The fourth-order valence-corrected chi connectivity index (χ4v) is 0.639. The molecule has 1 N–H and O–H groups in total. The molecular formula is C6H4ClF3N4. The van der Waals surface area contributed by atoms with Crippen LogP contribution in [0.3, 0.4) is 0 Å². The molecule has 0 radical (unpaired) electrons. The predicted molar refractivity (Wildman–Crippen MR) is 45.2 cm³/mol. The number of halogens is 4. The molecule has 0 bridgehead atoms. The van der Waals surface area contributed by atoms with Crippen molar-refractivity contribution in [3.8, 4) is 0 Å². The number of hydrogen-bond donors (Lipinski definition) is 1. The first-order chi connectivity index (χ1) is 6.47. The van der Waals surface area contributed by atoms with Gasteiger partial charge in [0.2, 0.25) is 0 Å². The average molecular weight is 225 g/mol. The van der Waals surface area contributed by atoms with Gasteiger partial charge >= 0.3 is 6.18 Å². The molecule has 0 fully saturated rings. The molecule has 76 valence electrons. The van der Waals surface area contributed by atoms with Gasteiger partial charge in [0.25, 0.3) is 0 Å². The van der Waals surface area contributed by atoms with Crippen molar-refractivity contribution in [2.45, 2.75) is 6.18 Å². The molecule has 0 amide bonds. The van der Waals surface area contributed by atoms with Crippen molar-refractivity contribution < 1.29 is 13.2 Å². The lowest BCUT2D eigenvalue weighted by Gasteiger charge is -1.99. The summed E-state index contributed by atoms with van der Waals surface area (Å²) < 4.78 is 34.7. The van der Waals surface area contributed by atoms with Crippen molar-refractivity contribution in [2.24, 2.45) is 5.10 Å². The molecule has 1 aromatic heterocycles. The second-order valence-electron chi connectivity index (χ2n) is 2.14. The van der Waals surface area contributed by atoms with Crippen LogP contribution in [0.25, 0.3) is 0 Å². The van der Waals surface area contributed by atoms with Gasteiger partial charge in [0.05, 0.1) is 12.4 Å². The largest absolute Gasteiger partial charge is 0.428 e. The molecule has 8 heteroatoms. The fourth-order valence-electron chi connectivity index (χ4n) is 0.542. The SMILES string of the molecule is FC(F)(F)/C=N/Nc1cnc(Cl)cn1. The third-order valence-electron chi connectivity index (χ3n) is 1.01. The van der Waals surface area contributed by atoms with Crippen LogP contribution < -0.4 is 5.43 Å². The maximum absolute atomic E-state index is 11.6.